The third kappa shape index (κ3) is 3.21. The van der Waals surface area contributed by atoms with Gasteiger partial charge in [0.15, 0.2) is 0 Å². The largest absolute Gasteiger partial charge is 0.449 e. The van der Waals surface area contributed by atoms with Crippen LogP contribution in [-0.2, 0) is 5.88 Å². The molecule has 128 valence electrons. The van der Waals surface area contributed by atoms with Gasteiger partial charge in [0.05, 0.1) is 0 Å². The highest BCUT2D eigenvalue weighted by Gasteiger charge is 2.22. The number of hydrogen-bond acceptors (Lipinski definition) is 3. The number of fused-ring (bicyclic) bond motifs is 1. The zero-order valence-electron chi connectivity index (χ0n) is 13.2. The third-order valence-corrected chi connectivity index (χ3v) is 4.11. The van der Waals surface area contributed by atoms with Gasteiger partial charge in [0.1, 0.15) is 17.1 Å². The average Bonchev–Trinajstić information content (AvgIpc) is 2.93. The highest BCUT2D eigenvalue weighted by atomic mass is 35.5. The molecule has 3 rings (SSSR count). The molecule has 0 atom stereocenters. The molecule has 0 spiro atoms. The number of hydrogen-bond donors (Lipinski definition) is 2. The Kier molecular flexibility index (Phi) is 4.46. The molecule has 0 aliphatic carbocycles. The number of carbonyl (C=O) groups excluding carboxylic acids is 2. The van der Waals surface area contributed by atoms with Crippen molar-refractivity contribution in [3.63, 3.8) is 0 Å². The maximum atomic E-state index is 13.9. The minimum absolute atomic E-state index is 0.0489. The number of primary amides is 1. The van der Waals surface area contributed by atoms with E-state index in [1.165, 1.54) is 12.1 Å². The smallest absolute Gasteiger partial charge is 0.286 e. The first-order chi connectivity index (χ1) is 11.9. The molecule has 7 heteroatoms. The summed E-state index contributed by atoms with van der Waals surface area (Å²) in [5.41, 5.74) is 7.20. The van der Waals surface area contributed by atoms with Crippen LogP contribution in [-0.4, -0.2) is 11.8 Å². The minimum atomic E-state index is -0.859. The Morgan fingerprint density at radius 3 is 2.52 bits per heavy atom. The number of nitrogens with one attached hydrogen (secondary N) is 1. The molecule has 0 saturated carbocycles. The third-order valence-electron chi connectivity index (χ3n) is 3.80. The first-order valence-electron chi connectivity index (χ1n) is 7.39. The normalized spacial score (nSPS) is 10.8. The predicted octanol–water partition coefficient (Wildman–Crippen LogP) is 3.97. The van der Waals surface area contributed by atoms with Crippen LogP contribution in [0.15, 0.2) is 40.8 Å². The van der Waals surface area contributed by atoms with Crippen molar-refractivity contribution in [2.75, 3.05) is 5.32 Å². The standard InChI is InChI=1S/C18H14ClFN2O3/c1-9-6-14-12(7-13(9)20)15(16(25-14)17(21)23)22-18(24)11-4-2-10(8-19)3-5-11/h2-7H,8H2,1H3,(H2,21,23)(H,22,24). The van der Waals surface area contributed by atoms with Gasteiger partial charge < -0.3 is 15.5 Å². The molecule has 5 nitrogen and oxygen atoms in total. The molecular weight excluding hydrogens is 347 g/mol. The van der Waals surface area contributed by atoms with Gasteiger partial charge in [-0.25, -0.2) is 4.39 Å². The van der Waals surface area contributed by atoms with E-state index >= 15 is 0 Å². The van der Waals surface area contributed by atoms with Crippen molar-refractivity contribution in [2.24, 2.45) is 5.73 Å². The molecular formula is C18H14ClFN2O3. The quantitative estimate of drug-likeness (QED) is 0.690. The van der Waals surface area contributed by atoms with E-state index in [0.29, 0.717) is 17.0 Å². The number of alkyl halides is 1. The van der Waals surface area contributed by atoms with Crippen molar-refractivity contribution in [1.29, 1.82) is 0 Å². The van der Waals surface area contributed by atoms with Crippen LogP contribution in [0.4, 0.5) is 10.1 Å². The second kappa shape index (κ2) is 6.57. The van der Waals surface area contributed by atoms with Gasteiger partial charge in [0.2, 0.25) is 5.76 Å². The lowest BCUT2D eigenvalue weighted by atomic mass is 10.1. The number of anilines is 1. The topological polar surface area (TPSA) is 85.3 Å². The SMILES string of the molecule is Cc1cc2oc(C(N)=O)c(NC(=O)c3ccc(CCl)cc3)c2cc1F. The van der Waals surface area contributed by atoms with Gasteiger partial charge in [-0.3, -0.25) is 9.59 Å². The zero-order valence-corrected chi connectivity index (χ0v) is 14.0. The number of benzene rings is 2. The van der Waals surface area contributed by atoms with Crippen LogP contribution in [0.5, 0.6) is 0 Å². The lowest BCUT2D eigenvalue weighted by molar-refractivity contribution is 0.0977. The molecule has 1 heterocycles. The molecule has 0 radical (unpaired) electrons. The fourth-order valence-corrected chi connectivity index (χ4v) is 2.62. The van der Waals surface area contributed by atoms with Crippen molar-refractivity contribution >= 4 is 40.1 Å². The lowest BCUT2D eigenvalue weighted by Crippen LogP contribution is -2.17. The van der Waals surface area contributed by atoms with Gasteiger partial charge in [-0.2, -0.15) is 0 Å². The first-order valence-corrected chi connectivity index (χ1v) is 7.93. The number of carbonyl (C=O) groups is 2. The van der Waals surface area contributed by atoms with Crippen LogP contribution in [0.3, 0.4) is 0 Å². The van der Waals surface area contributed by atoms with Crippen molar-refractivity contribution in [3.8, 4) is 0 Å². The summed E-state index contributed by atoms with van der Waals surface area (Å²) in [4.78, 5) is 24.1. The van der Waals surface area contributed by atoms with Gasteiger partial charge in [-0.15, -0.1) is 11.6 Å². The summed E-state index contributed by atoms with van der Waals surface area (Å²) in [6.07, 6.45) is 0. The van der Waals surface area contributed by atoms with Gasteiger partial charge in [-0.05, 0) is 42.3 Å². The van der Waals surface area contributed by atoms with Crippen LogP contribution in [0.1, 0.15) is 32.0 Å². The second-order valence-electron chi connectivity index (χ2n) is 5.55. The van der Waals surface area contributed by atoms with E-state index in [-0.39, 0.29) is 22.4 Å². The Morgan fingerprint density at radius 2 is 1.92 bits per heavy atom. The Hall–Kier alpha value is -2.86. The van der Waals surface area contributed by atoms with Gasteiger partial charge >= 0.3 is 0 Å². The summed E-state index contributed by atoms with van der Waals surface area (Å²) in [7, 11) is 0. The fraction of sp³-hybridized carbons (Fsp3) is 0.111. The average molecular weight is 361 g/mol. The molecule has 0 fully saturated rings. The molecule has 0 aliphatic rings. The molecule has 1 aromatic heterocycles. The Labute approximate surface area is 147 Å². The number of nitrogens with two attached hydrogens (primary N) is 1. The van der Waals surface area contributed by atoms with E-state index in [1.807, 2.05) is 0 Å². The predicted molar refractivity (Wildman–Crippen MR) is 93.4 cm³/mol. The Bertz CT molecular complexity index is 980. The van der Waals surface area contributed by atoms with E-state index in [0.717, 1.165) is 5.56 Å². The van der Waals surface area contributed by atoms with Gasteiger partial charge in [0, 0.05) is 16.8 Å². The molecule has 25 heavy (non-hydrogen) atoms. The summed E-state index contributed by atoms with van der Waals surface area (Å²) in [6.45, 7) is 1.57. The molecule has 3 aromatic rings. The minimum Gasteiger partial charge on any atom is -0.449 e. The van der Waals surface area contributed by atoms with Crippen molar-refractivity contribution in [2.45, 2.75) is 12.8 Å². The monoisotopic (exact) mass is 360 g/mol. The molecule has 2 amide bonds. The van der Waals surface area contributed by atoms with Crippen LogP contribution in [0.25, 0.3) is 11.0 Å². The fourth-order valence-electron chi connectivity index (χ4n) is 2.45. The van der Waals surface area contributed by atoms with Crippen molar-refractivity contribution < 1.29 is 18.4 Å². The number of aryl methyl sites for hydroxylation is 1. The van der Waals surface area contributed by atoms with Crippen LogP contribution in [0, 0.1) is 12.7 Å². The molecule has 3 N–H and O–H groups in total. The van der Waals surface area contributed by atoms with Crippen LogP contribution < -0.4 is 11.1 Å². The maximum Gasteiger partial charge on any atom is 0.286 e. The summed E-state index contributed by atoms with van der Waals surface area (Å²) in [5.74, 6) is -1.72. The summed E-state index contributed by atoms with van der Waals surface area (Å²) in [6, 6.07) is 9.28. The van der Waals surface area contributed by atoms with Crippen molar-refractivity contribution in [3.05, 3.63) is 64.7 Å². The van der Waals surface area contributed by atoms with Crippen LogP contribution >= 0.6 is 11.6 Å². The number of halogens is 2. The number of rotatable bonds is 4. The van der Waals surface area contributed by atoms with Gasteiger partial charge in [-0.1, -0.05) is 12.1 Å². The van der Waals surface area contributed by atoms with Crippen molar-refractivity contribution in [1.82, 2.24) is 0 Å². The maximum absolute atomic E-state index is 13.9. The number of amides is 2. The summed E-state index contributed by atoms with van der Waals surface area (Å²) >= 11 is 5.72. The van der Waals surface area contributed by atoms with E-state index in [2.05, 4.69) is 5.32 Å². The lowest BCUT2D eigenvalue weighted by Gasteiger charge is -2.06. The summed E-state index contributed by atoms with van der Waals surface area (Å²) < 4.78 is 19.3. The summed E-state index contributed by atoms with van der Waals surface area (Å²) in [5, 5.41) is 2.85. The molecule has 0 saturated heterocycles. The van der Waals surface area contributed by atoms with Gasteiger partial charge in [0.25, 0.3) is 11.8 Å². The second-order valence-corrected chi connectivity index (χ2v) is 5.82. The van der Waals surface area contributed by atoms with E-state index in [4.69, 9.17) is 21.8 Å². The highest BCUT2D eigenvalue weighted by molar-refractivity contribution is 6.17. The van der Waals surface area contributed by atoms with E-state index in [1.54, 1.807) is 31.2 Å². The highest BCUT2D eigenvalue weighted by Crippen LogP contribution is 2.33. The van der Waals surface area contributed by atoms with Crippen LogP contribution in [0.2, 0.25) is 0 Å². The zero-order chi connectivity index (χ0) is 18.1. The Balaban J connectivity index is 2.04. The molecule has 0 unspecified atom stereocenters. The first kappa shape index (κ1) is 17.0. The molecule has 0 bridgehead atoms. The van der Waals surface area contributed by atoms with E-state index in [9.17, 15) is 14.0 Å². The van der Waals surface area contributed by atoms with E-state index < -0.39 is 17.6 Å². The molecule has 2 aromatic carbocycles. The Morgan fingerprint density at radius 1 is 1.24 bits per heavy atom. The number of furan rings is 1. The molecule has 0 aliphatic heterocycles.